The molecule has 0 saturated heterocycles. The van der Waals surface area contributed by atoms with E-state index in [9.17, 15) is 0 Å². The lowest BCUT2D eigenvalue weighted by molar-refractivity contribution is 0.146. The highest BCUT2D eigenvalue weighted by Crippen LogP contribution is 2.08. The van der Waals surface area contributed by atoms with E-state index in [1.54, 1.807) is 7.11 Å². The molecule has 3 nitrogen and oxygen atoms in total. The Balaban J connectivity index is 2.14. The van der Waals surface area contributed by atoms with Gasteiger partial charge in [-0.2, -0.15) is 0 Å². The summed E-state index contributed by atoms with van der Waals surface area (Å²) < 4.78 is 10.8. The average Bonchev–Trinajstić information content (AvgIpc) is 2.42. The molecule has 0 radical (unpaired) electrons. The molecule has 18 heavy (non-hydrogen) atoms. The van der Waals surface area contributed by atoms with Crippen molar-refractivity contribution in [3.05, 3.63) is 30.3 Å². The first kappa shape index (κ1) is 15.5. The van der Waals surface area contributed by atoms with Crippen LogP contribution in [0.3, 0.4) is 0 Å². The summed E-state index contributed by atoms with van der Waals surface area (Å²) in [6.45, 7) is 4.62. The van der Waals surface area contributed by atoms with Gasteiger partial charge < -0.3 is 14.4 Å². The van der Waals surface area contributed by atoms with E-state index >= 15 is 0 Å². The molecule has 0 bridgehead atoms. The van der Waals surface area contributed by atoms with Crippen LogP contribution in [0.4, 0.5) is 0 Å². The molecule has 0 saturated carbocycles. The lowest BCUT2D eigenvalue weighted by atomic mass is 10.3. The second kappa shape index (κ2) is 10.4. The number of halogens is 1. The maximum Gasteiger partial charge on any atom is 0.119 e. The minimum Gasteiger partial charge on any atom is -0.494 e. The summed E-state index contributed by atoms with van der Waals surface area (Å²) in [6, 6.07) is 9.95. The summed E-state index contributed by atoms with van der Waals surface area (Å²) in [7, 11) is 1.74. The molecule has 0 fully saturated rings. The quantitative estimate of drug-likeness (QED) is 0.489. The number of hydrogen-bond acceptors (Lipinski definition) is 3. The molecule has 0 aromatic heterocycles. The monoisotopic (exact) mass is 315 g/mol. The molecule has 0 aliphatic heterocycles. The summed E-state index contributed by atoms with van der Waals surface area (Å²) in [5, 5.41) is 0.996. The van der Waals surface area contributed by atoms with Gasteiger partial charge in [0.25, 0.3) is 0 Å². The Morgan fingerprint density at radius 1 is 1.06 bits per heavy atom. The van der Waals surface area contributed by atoms with Crippen molar-refractivity contribution in [1.82, 2.24) is 4.90 Å². The van der Waals surface area contributed by atoms with Crippen LogP contribution in [0.2, 0.25) is 0 Å². The minimum absolute atomic E-state index is 0.760. The van der Waals surface area contributed by atoms with Crippen molar-refractivity contribution in [3.8, 4) is 5.75 Å². The molecule has 0 spiro atoms. The van der Waals surface area contributed by atoms with Gasteiger partial charge in [0.15, 0.2) is 0 Å². The molecule has 0 amide bonds. The first-order valence-corrected chi connectivity index (χ1v) is 7.44. The van der Waals surface area contributed by atoms with Crippen LogP contribution in [0, 0.1) is 0 Å². The third kappa shape index (κ3) is 6.99. The molecule has 0 atom stereocenters. The molecule has 4 heteroatoms. The fourth-order valence-corrected chi connectivity index (χ4v) is 2.17. The summed E-state index contributed by atoms with van der Waals surface area (Å²) in [4.78, 5) is 2.38. The Morgan fingerprint density at radius 2 is 1.83 bits per heavy atom. The van der Waals surface area contributed by atoms with Crippen LogP contribution in [0.15, 0.2) is 30.3 Å². The van der Waals surface area contributed by atoms with Gasteiger partial charge in [0.1, 0.15) is 5.75 Å². The molecule has 1 aromatic carbocycles. The van der Waals surface area contributed by atoms with E-state index in [4.69, 9.17) is 9.47 Å². The summed E-state index contributed by atoms with van der Waals surface area (Å²) >= 11 is 3.47. The van der Waals surface area contributed by atoms with Crippen molar-refractivity contribution in [2.24, 2.45) is 0 Å². The van der Waals surface area contributed by atoms with E-state index in [0.29, 0.717) is 0 Å². The van der Waals surface area contributed by atoms with E-state index in [2.05, 4.69) is 20.8 Å². The summed E-state index contributed by atoms with van der Waals surface area (Å²) in [6.07, 6.45) is 1.03. The van der Waals surface area contributed by atoms with Crippen molar-refractivity contribution in [2.75, 3.05) is 45.3 Å². The number of hydrogen-bond donors (Lipinski definition) is 0. The molecular weight excluding hydrogens is 294 g/mol. The molecule has 0 unspecified atom stereocenters. The second-order valence-corrected chi connectivity index (χ2v) is 4.83. The normalized spacial score (nSPS) is 10.8. The number of alkyl halides is 1. The van der Waals surface area contributed by atoms with Gasteiger partial charge in [0.2, 0.25) is 0 Å². The third-order valence-corrected chi connectivity index (χ3v) is 3.00. The molecule has 102 valence electrons. The van der Waals surface area contributed by atoms with Crippen LogP contribution >= 0.6 is 15.9 Å². The highest BCUT2D eigenvalue weighted by atomic mass is 79.9. The first-order chi connectivity index (χ1) is 8.86. The minimum atomic E-state index is 0.760. The highest BCUT2D eigenvalue weighted by molar-refractivity contribution is 9.09. The van der Waals surface area contributed by atoms with Crippen LogP contribution in [0.1, 0.15) is 6.42 Å². The summed E-state index contributed by atoms with van der Waals surface area (Å²) in [5.41, 5.74) is 0. The SMILES string of the molecule is COCCN(CCBr)CCCOc1ccccc1. The predicted octanol–water partition coefficient (Wildman–Crippen LogP) is 2.80. The number of para-hydroxylation sites is 1. The van der Waals surface area contributed by atoms with Gasteiger partial charge in [-0.05, 0) is 18.6 Å². The van der Waals surface area contributed by atoms with Gasteiger partial charge in [-0.15, -0.1) is 0 Å². The number of rotatable bonds is 10. The number of benzene rings is 1. The van der Waals surface area contributed by atoms with Crippen LogP contribution < -0.4 is 4.74 Å². The topological polar surface area (TPSA) is 21.7 Å². The van der Waals surface area contributed by atoms with Gasteiger partial charge in [0, 0.05) is 32.1 Å². The fourth-order valence-electron chi connectivity index (χ4n) is 1.67. The van der Waals surface area contributed by atoms with Crippen LogP contribution in [-0.4, -0.2) is 50.2 Å². The molecular formula is C14H22BrNO2. The molecule has 0 N–H and O–H groups in total. The summed E-state index contributed by atoms with van der Waals surface area (Å²) in [5.74, 6) is 0.946. The molecule has 0 heterocycles. The van der Waals surface area contributed by atoms with Crippen molar-refractivity contribution < 1.29 is 9.47 Å². The highest BCUT2D eigenvalue weighted by Gasteiger charge is 2.03. The van der Waals surface area contributed by atoms with Gasteiger partial charge in [0.05, 0.1) is 13.2 Å². The third-order valence-electron chi connectivity index (χ3n) is 2.64. The van der Waals surface area contributed by atoms with Crippen LogP contribution in [-0.2, 0) is 4.74 Å². The molecule has 0 aliphatic carbocycles. The largest absolute Gasteiger partial charge is 0.494 e. The number of nitrogens with zero attached hydrogens (tertiary/aromatic N) is 1. The zero-order valence-corrected chi connectivity index (χ0v) is 12.6. The number of methoxy groups -OCH3 is 1. The van der Waals surface area contributed by atoms with E-state index in [-0.39, 0.29) is 0 Å². The molecule has 1 aromatic rings. The lowest BCUT2D eigenvalue weighted by Crippen LogP contribution is -2.31. The molecule has 1 rings (SSSR count). The standard InChI is InChI=1S/C14H22BrNO2/c1-17-13-11-16(10-8-15)9-5-12-18-14-6-3-2-4-7-14/h2-4,6-7H,5,8-13H2,1H3. The van der Waals surface area contributed by atoms with Gasteiger partial charge in [-0.3, -0.25) is 0 Å². The lowest BCUT2D eigenvalue weighted by Gasteiger charge is -2.20. The van der Waals surface area contributed by atoms with Crippen molar-refractivity contribution in [1.29, 1.82) is 0 Å². The number of ether oxygens (including phenoxy) is 2. The van der Waals surface area contributed by atoms with Crippen molar-refractivity contribution >= 4 is 15.9 Å². The smallest absolute Gasteiger partial charge is 0.119 e. The van der Waals surface area contributed by atoms with E-state index < -0.39 is 0 Å². The fraction of sp³-hybridized carbons (Fsp3) is 0.571. The Hall–Kier alpha value is -0.580. The maximum atomic E-state index is 5.67. The second-order valence-electron chi connectivity index (χ2n) is 4.04. The van der Waals surface area contributed by atoms with Gasteiger partial charge >= 0.3 is 0 Å². The maximum absolute atomic E-state index is 5.67. The van der Waals surface area contributed by atoms with Crippen molar-refractivity contribution in [2.45, 2.75) is 6.42 Å². The van der Waals surface area contributed by atoms with Crippen LogP contribution in [0.25, 0.3) is 0 Å². The van der Waals surface area contributed by atoms with E-state index in [1.165, 1.54) is 0 Å². The van der Waals surface area contributed by atoms with E-state index in [1.807, 2.05) is 30.3 Å². The molecule has 0 aliphatic rings. The zero-order valence-electron chi connectivity index (χ0n) is 11.0. The van der Waals surface area contributed by atoms with Gasteiger partial charge in [-0.1, -0.05) is 34.1 Å². The Bertz CT molecular complexity index is 295. The Morgan fingerprint density at radius 3 is 2.50 bits per heavy atom. The first-order valence-electron chi connectivity index (χ1n) is 6.32. The Labute approximate surface area is 118 Å². The van der Waals surface area contributed by atoms with E-state index in [0.717, 1.165) is 50.3 Å². The average molecular weight is 316 g/mol. The van der Waals surface area contributed by atoms with Crippen molar-refractivity contribution in [3.63, 3.8) is 0 Å². The van der Waals surface area contributed by atoms with Gasteiger partial charge in [-0.25, -0.2) is 0 Å². The Kier molecular flexibility index (Phi) is 8.90. The zero-order chi connectivity index (χ0) is 13.1. The van der Waals surface area contributed by atoms with Crippen LogP contribution in [0.5, 0.6) is 5.75 Å². The predicted molar refractivity (Wildman–Crippen MR) is 78.7 cm³/mol.